The van der Waals surface area contributed by atoms with Crippen LogP contribution in [-0.4, -0.2) is 28.3 Å². The molecule has 6 heteroatoms. The summed E-state index contributed by atoms with van der Waals surface area (Å²) in [6.07, 6.45) is 0. The molecule has 0 bridgehead atoms. The highest BCUT2D eigenvalue weighted by molar-refractivity contribution is 7.85. The molecule has 0 fully saturated rings. The minimum absolute atomic E-state index is 0.167. The second-order valence-electron chi connectivity index (χ2n) is 5.37. The molecule has 24 heavy (non-hydrogen) atoms. The fourth-order valence-electron chi connectivity index (χ4n) is 2.03. The maximum absolute atomic E-state index is 12.0. The third-order valence-electron chi connectivity index (χ3n) is 3.55. The van der Waals surface area contributed by atoms with E-state index in [1.54, 1.807) is 18.2 Å². The Bertz CT molecular complexity index is 760. The first-order valence-electron chi connectivity index (χ1n) is 7.57. The van der Waals surface area contributed by atoms with Crippen LogP contribution in [0.1, 0.15) is 11.1 Å². The van der Waals surface area contributed by atoms with Gasteiger partial charge in [0.1, 0.15) is 0 Å². The summed E-state index contributed by atoms with van der Waals surface area (Å²) in [6, 6.07) is 14.4. The van der Waals surface area contributed by atoms with Crippen molar-refractivity contribution in [1.29, 1.82) is 0 Å². The van der Waals surface area contributed by atoms with Crippen molar-refractivity contribution in [2.45, 2.75) is 18.7 Å². The standard InChI is InChI=1S/C18H20N2O3S/c1-13-8-9-15(12-14(13)2)20-18(22)17(21)19-10-11-24(23)16-6-4-3-5-7-16/h3-9,12H,10-11H2,1-2H3,(H,19,21)(H,20,22)/t24-/m1/s1. The average molecular weight is 344 g/mol. The van der Waals surface area contributed by atoms with Crippen LogP contribution in [0.25, 0.3) is 0 Å². The number of benzene rings is 2. The van der Waals surface area contributed by atoms with Crippen LogP contribution in [-0.2, 0) is 20.4 Å². The highest BCUT2D eigenvalue weighted by atomic mass is 32.2. The molecule has 0 heterocycles. The lowest BCUT2D eigenvalue weighted by Gasteiger charge is -2.08. The van der Waals surface area contributed by atoms with Gasteiger partial charge in [0.2, 0.25) is 0 Å². The Labute approximate surface area is 143 Å². The number of anilines is 1. The van der Waals surface area contributed by atoms with Crippen molar-refractivity contribution in [2.75, 3.05) is 17.6 Å². The van der Waals surface area contributed by atoms with E-state index in [0.29, 0.717) is 10.6 Å². The smallest absolute Gasteiger partial charge is 0.313 e. The van der Waals surface area contributed by atoms with Crippen LogP contribution in [0.4, 0.5) is 5.69 Å². The zero-order valence-corrected chi connectivity index (χ0v) is 14.5. The van der Waals surface area contributed by atoms with E-state index < -0.39 is 22.6 Å². The summed E-state index contributed by atoms with van der Waals surface area (Å²) in [4.78, 5) is 24.4. The molecule has 2 aromatic carbocycles. The first-order chi connectivity index (χ1) is 11.5. The number of carbonyl (C=O) groups is 2. The largest absolute Gasteiger partial charge is 0.347 e. The first-order valence-corrected chi connectivity index (χ1v) is 8.89. The van der Waals surface area contributed by atoms with Crippen LogP contribution in [0, 0.1) is 13.8 Å². The molecule has 1 atom stereocenters. The lowest BCUT2D eigenvalue weighted by Crippen LogP contribution is -2.37. The van der Waals surface area contributed by atoms with Crippen LogP contribution in [0.5, 0.6) is 0 Å². The van der Waals surface area contributed by atoms with Crippen molar-refractivity contribution in [3.05, 3.63) is 59.7 Å². The van der Waals surface area contributed by atoms with Crippen molar-refractivity contribution in [1.82, 2.24) is 5.32 Å². The number of aryl methyl sites for hydroxylation is 2. The quantitative estimate of drug-likeness (QED) is 0.816. The molecule has 0 spiro atoms. The molecule has 0 saturated carbocycles. The van der Waals surface area contributed by atoms with Gasteiger partial charge < -0.3 is 10.6 Å². The maximum atomic E-state index is 12.0. The molecule has 2 amide bonds. The first kappa shape index (κ1) is 17.9. The van der Waals surface area contributed by atoms with E-state index >= 15 is 0 Å². The Kier molecular flexibility index (Phi) is 6.26. The van der Waals surface area contributed by atoms with Gasteiger partial charge in [-0.25, -0.2) is 0 Å². The summed E-state index contributed by atoms with van der Waals surface area (Å²) < 4.78 is 12.0. The normalized spacial score (nSPS) is 11.6. The minimum atomic E-state index is -1.20. The second-order valence-corrected chi connectivity index (χ2v) is 6.94. The van der Waals surface area contributed by atoms with E-state index in [1.165, 1.54) is 0 Å². The molecule has 0 aromatic heterocycles. The number of nitrogens with one attached hydrogen (secondary N) is 2. The topological polar surface area (TPSA) is 75.3 Å². The van der Waals surface area contributed by atoms with E-state index in [-0.39, 0.29) is 12.3 Å². The van der Waals surface area contributed by atoms with E-state index in [9.17, 15) is 13.8 Å². The van der Waals surface area contributed by atoms with Crippen molar-refractivity contribution < 1.29 is 13.8 Å². The predicted molar refractivity (Wildman–Crippen MR) is 95.3 cm³/mol. The van der Waals surface area contributed by atoms with Crippen molar-refractivity contribution in [3.8, 4) is 0 Å². The zero-order valence-electron chi connectivity index (χ0n) is 13.7. The molecule has 5 nitrogen and oxygen atoms in total. The molecule has 0 saturated heterocycles. The van der Waals surface area contributed by atoms with Crippen LogP contribution >= 0.6 is 0 Å². The Balaban J connectivity index is 1.80. The third kappa shape index (κ3) is 5.03. The van der Waals surface area contributed by atoms with Gasteiger partial charge >= 0.3 is 11.8 Å². The molecule has 0 aliphatic rings. The van der Waals surface area contributed by atoms with Gasteiger partial charge in [0.15, 0.2) is 0 Å². The summed E-state index contributed by atoms with van der Waals surface area (Å²) in [5, 5.41) is 5.04. The fourth-order valence-corrected chi connectivity index (χ4v) is 3.02. The van der Waals surface area contributed by atoms with Crippen LogP contribution < -0.4 is 10.6 Å². The van der Waals surface area contributed by atoms with Gasteiger partial charge in [-0.1, -0.05) is 24.3 Å². The molecule has 2 N–H and O–H groups in total. The molecule has 0 aliphatic carbocycles. The van der Waals surface area contributed by atoms with Crippen LogP contribution in [0.3, 0.4) is 0 Å². The Morgan fingerprint density at radius 3 is 2.33 bits per heavy atom. The van der Waals surface area contributed by atoms with E-state index in [0.717, 1.165) is 11.1 Å². The monoisotopic (exact) mass is 344 g/mol. The van der Waals surface area contributed by atoms with Gasteiger partial charge in [-0.2, -0.15) is 0 Å². The summed E-state index contributed by atoms with van der Waals surface area (Å²) in [5.74, 6) is -1.21. The lowest BCUT2D eigenvalue weighted by atomic mass is 10.1. The second kappa shape index (κ2) is 8.40. The molecule has 0 aliphatic heterocycles. The molecule has 2 aromatic rings. The van der Waals surface area contributed by atoms with Crippen molar-refractivity contribution >= 4 is 28.3 Å². The highest BCUT2D eigenvalue weighted by Gasteiger charge is 2.14. The SMILES string of the molecule is Cc1ccc(NC(=O)C(=O)NCC[S@@](=O)c2ccccc2)cc1C. The Hall–Kier alpha value is -2.47. The molecule has 126 valence electrons. The summed E-state index contributed by atoms with van der Waals surface area (Å²) in [5.41, 5.74) is 2.72. The average Bonchev–Trinajstić information content (AvgIpc) is 2.58. The number of rotatable bonds is 5. The van der Waals surface area contributed by atoms with Crippen LogP contribution in [0.2, 0.25) is 0 Å². The number of hydrogen-bond donors (Lipinski definition) is 2. The zero-order chi connectivity index (χ0) is 17.5. The fraction of sp³-hybridized carbons (Fsp3) is 0.222. The van der Waals surface area contributed by atoms with E-state index in [1.807, 2.05) is 44.2 Å². The summed E-state index contributed by atoms with van der Waals surface area (Å²) >= 11 is 0. The van der Waals surface area contributed by atoms with Gasteiger partial charge in [0, 0.05) is 22.9 Å². The predicted octanol–water partition coefficient (Wildman–Crippen LogP) is 2.17. The van der Waals surface area contributed by atoms with Gasteiger partial charge in [-0.3, -0.25) is 13.8 Å². The summed E-state index contributed by atoms with van der Waals surface area (Å²) in [7, 11) is -1.20. The van der Waals surface area contributed by atoms with Gasteiger partial charge in [-0.15, -0.1) is 0 Å². The Morgan fingerprint density at radius 2 is 1.67 bits per heavy atom. The Morgan fingerprint density at radius 1 is 0.958 bits per heavy atom. The van der Waals surface area contributed by atoms with Gasteiger partial charge in [-0.05, 0) is 49.2 Å². The minimum Gasteiger partial charge on any atom is -0.347 e. The maximum Gasteiger partial charge on any atom is 0.313 e. The van der Waals surface area contributed by atoms with Crippen molar-refractivity contribution in [3.63, 3.8) is 0 Å². The third-order valence-corrected chi connectivity index (χ3v) is 4.92. The van der Waals surface area contributed by atoms with Gasteiger partial charge in [0.05, 0.1) is 10.8 Å². The van der Waals surface area contributed by atoms with Crippen molar-refractivity contribution in [2.24, 2.45) is 0 Å². The number of hydrogen-bond acceptors (Lipinski definition) is 3. The van der Waals surface area contributed by atoms with E-state index in [4.69, 9.17) is 0 Å². The van der Waals surface area contributed by atoms with E-state index in [2.05, 4.69) is 10.6 Å². The number of carbonyl (C=O) groups excluding carboxylic acids is 2. The molecule has 2 rings (SSSR count). The molecular formula is C18H20N2O3S. The highest BCUT2D eigenvalue weighted by Crippen LogP contribution is 2.13. The van der Waals surface area contributed by atoms with Crippen LogP contribution in [0.15, 0.2) is 53.4 Å². The van der Waals surface area contributed by atoms with Gasteiger partial charge in [0.25, 0.3) is 0 Å². The summed E-state index contributed by atoms with van der Waals surface area (Å²) in [6.45, 7) is 4.07. The lowest BCUT2D eigenvalue weighted by molar-refractivity contribution is -0.136. The number of amides is 2. The molecule has 0 unspecified atom stereocenters. The molecule has 0 radical (unpaired) electrons. The molecular weight excluding hydrogens is 324 g/mol.